The van der Waals surface area contributed by atoms with Crippen LogP contribution in [0.1, 0.15) is 28.8 Å². The molecule has 7 heteroatoms. The zero-order chi connectivity index (χ0) is 15.5. The van der Waals surface area contributed by atoms with Crippen LogP contribution in [-0.2, 0) is 4.74 Å². The Labute approximate surface area is 122 Å². The van der Waals surface area contributed by atoms with Gasteiger partial charge < -0.3 is 15.2 Å². The van der Waals surface area contributed by atoms with Gasteiger partial charge in [-0.2, -0.15) is 0 Å². The third kappa shape index (κ3) is 3.56. The van der Waals surface area contributed by atoms with Gasteiger partial charge in [-0.3, -0.25) is 14.9 Å². The number of nitro benzene ring substituents is 1. The summed E-state index contributed by atoms with van der Waals surface area (Å²) in [6, 6.07) is 4.24. The molecule has 1 fully saturated rings. The van der Waals surface area contributed by atoms with E-state index < -0.39 is 16.4 Å². The van der Waals surface area contributed by atoms with Crippen LogP contribution in [0.4, 0.5) is 5.69 Å². The SMILES string of the molecule is Cc1cc(C(=O)NC2(CO)CCOCC2)cc([N+](=O)[O-])c1. The second-order valence-electron chi connectivity index (χ2n) is 5.32. The average molecular weight is 294 g/mol. The van der Waals surface area contributed by atoms with Gasteiger partial charge in [0.05, 0.1) is 17.1 Å². The van der Waals surface area contributed by atoms with E-state index in [0.717, 1.165) is 0 Å². The van der Waals surface area contributed by atoms with E-state index in [1.165, 1.54) is 12.1 Å². The summed E-state index contributed by atoms with van der Waals surface area (Å²) in [6.07, 6.45) is 1.03. The predicted octanol–water partition coefficient (Wildman–Crippen LogP) is 1.17. The first-order valence-corrected chi connectivity index (χ1v) is 6.73. The lowest BCUT2D eigenvalue weighted by Gasteiger charge is -2.36. The molecule has 2 N–H and O–H groups in total. The van der Waals surface area contributed by atoms with Gasteiger partial charge in [0.2, 0.25) is 0 Å². The van der Waals surface area contributed by atoms with Crippen LogP contribution < -0.4 is 5.32 Å². The van der Waals surface area contributed by atoms with Gasteiger partial charge in [-0.1, -0.05) is 0 Å². The van der Waals surface area contributed by atoms with E-state index in [1.54, 1.807) is 13.0 Å². The van der Waals surface area contributed by atoms with E-state index in [0.29, 0.717) is 31.6 Å². The number of hydrogen-bond donors (Lipinski definition) is 2. The van der Waals surface area contributed by atoms with Crippen LogP contribution in [0, 0.1) is 17.0 Å². The number of non-ortho nitro benzene ring substituents is 1. The fourth-order valence-corrected chi connectivity index (χ4v) is 2.40. The van der Waals surface area contributed by atoms with Gasteiger partial charge in [0.25, 0.3) is 11.6 Å². The Morgan fingerprint density at radius 3 is 2.67 bits per heavy atom. The highest BCUT2D eigenvalue weighted by molar-refractivity contribution is 5.95. The quantitative estimate of drug-likeness (QED) is 0.641. The lowest BCUT2D eigenvalue weighted by atomic mass is 9.90. The van der Waals surface area contributed by atoms with Crippen LogP contribution in [0.15, 0.2) is 18.2 Å². The average Bonchev–Trinajstić information content (AvgIpc) is 2.47. The Morgan fingerprint density at radius 1 is 1.43 bits per heavy atom. The molecule has 1 aromatic rings. The topological polar surface area (TPSA) is 102 Å². The van der Waals surface area contributed by atoms with Crippen molar-refractivity contribution in [3.8, 4) is 0 Å². The first-order valence-electron chi connectivity index (χ1n) is 6.73. The first kappa shape index (κ1) is 15.4. The molecule has 2 rings (SSSR count). The molecule has 7 nitrogen and oxygen atoms in total. The Balaban J connectivity index is 2.21. The van der Waals surface area contributed by atoms with Crippen LogP contribution in [0.5, 0.6) is 0 Å². The zero-order valence-electron chi connectivity index (χ0n) is 11.8. The summed E-state index contributed by atoms with van der Waals surface area (Å²) in [5, 5.41) is 23.2. The number of aryl methyl sites for hydroxylation is 1. The first-order chi connectivity index (χ1) is 9.96. The van der Waals surface area contributed by atoms with Crippen LogP contribution in [0.3, 0.4) is 0 Å². The summed E-state index contributed by atoms with van der Waals surface area (Å²) in [5.74, 6) is -0.419. The molecule has 1 aliphatic heterocycles. The van der Waals surface area contributed by atoms with Crippen molar-refractivity contribution in [2.24, 2.45) is 0 Å². The zero-order valence-corrected chi connectivity index (χ0v) is 11.8. The Hall–Kier alpha value is -1.99. The maximum Gasteiger partial charge on any atom is 0.270 e. The van der Waals surface area contributed by atoms with Gasteiger partial charge in [0, 0.05) is 30.9 Å². The molecule has 0 spiro atoms. The summed E-state index contributed by atoms with van der Waals surface area (Å²) in [6.45, 7) is 2.44. The van der Waals surface area contributed by atoms with E-state index in [1.807, 2.05) is 0 Å². The Bertz CT molecular complexity index is 552. The van der Waals surface area contributed by atoms with Crippen molar-refractivity contribution in [2.75, 3.05) is 19.8 Å². The number of ether oxygens (including phenoxy) is 1. The minimum atomic E-state index is -0.714. The molecule has 0 aromatic heterocycles. The molecule has 0 bridgehead atoms. The summed E-state index contributed by atoms with van der Waals surface area (Å²) >= 11 is 0. The molecule has 1 amide bonds. The fraction of sp³-hybridized carbons (Fsp3) is 0.500. The Morgan fingerprint density at radius 2 is 2.10 bits per heavy atom. The lowest BCUT2D eigenvalue weighted by Crippen LogP contribution is -2.54. The highest BCUT2D eigenvalue weighted by Gasteiger charge is 2.34. The van der Waals surface area contributed by atoms with Gasteiger partial charge >= 0.3 is 0 Å². The van der Waals surface area contributed by atoms with Crippen molar-refractivity contribution in [3.63, 3.8) is 0 Å². The van der Waals surface area contributed by atoms with E-state index in [4.69, 9.17) is 4.74 Å². The lowest BCUT2D eigenvalue weighted by molar-refractivity contribution is -0.384. The standard InChI is InChI=1S/C14H18N2O5/c1-10-6-11(8-12(7-10)16(19)20)13(18)15-14(9-17)2-4-21-5-3-14/h6-8,17H,2-5,9H2,1H3,(H,15,18). The van der Waals surface area contributed by atoms with Crippen molar-refractivity contribution in [3.05, 3.63) is 39.4 Å². The van der Waals surface area contributed by atoms with Gasteiger partial charge in [0.1, 0.15) is 0 Å². The molecule has 114 valence electrons. The van der Waals surface area contributed by atoms with Crippen molar-refractivity contribution < 1.29 is 19.6 Å². The number of amides is 1. The number of rotatable bonds is 4. The number of carbonyl (C=O) groups excluding carboxylic acids is 1. The van der Waals surface area contributed by atoms with Crippen LogP contribution in [-0.4, -0.2) is 41.3 Å². The van der Waals surface area contributed by atoms with Crippen molar-refractivity contribution in [2.45, 2.75) is 25.3 Å². The smallest absolute Gasteiger partial charge is 0.270 e. The largest absolute Gasteiger partial charge is 0.394 e. The third-order valence-electron chi connectivity index (χ3n) is 3.67. The molecule has 0 radical (unpaired) electrons. The van der Waals surface area contributed by atoms with Crippen LogP contribution in [0.2, 0.25) is 0 Å². The minimum absolute atomic E-state index is 0.120. The molecule has 0 saturated carbocycles. The molecule has 1 heterocycles. The van der Waals surface area contributed by atoms with Gasteiger partial charge in [-0.25, -0.2) is 0 Å². The van der Waals surface area contributed by atoms with E-state index in [-0.39, 0.29) is 17.9 Å². The molecule has 0 atom stereocenters. The van der Waals surface area contributed by atoms with Crippen molar-refractivity contribution in [1.29, 1.82) is 0 Å². The van der Waals surface area contributed by atoms with Gasteiger partial charge in [-0.05, 0) is 31.4 Å². The van der Waals surface area contributed by atoms with E-state index in [2.05, 4.69) is 5.32 Å². The molecule has 0 aliphatic carbocycles. The number of hydrogen-bond acceptors (Lipinski definition) is 5. The highest BCUT2D eigenvalue weighted by atomic mass is 16.6. The summed E-state index contributed by atoms with van der Waals surface area (Å²) < 4.78 is 5.23. The molecule has 1 aliphatic rings. The van der Waals surface area contributed by atoms with Crippen molar-refractivity contribution >= 4 is 11.6 Å². The fourth-order valence-electron chi connectivity index (χ4n) is 2.40. The molecule has 21 heavy (non-hydrogen) atoms. The molecule has 1 aromatic carbocycles. The molecular weight excluding hydrogens is 276 g/mol. The number of nitrogens with zero attached hydrogens (tertiary/aromatic N) is 1. The molecule has 1 saturated heterocycles. The van der Waals surface area contributed by atoms with E-state index in [9.17, 15) is 20.0 Å². The molecular formula is C14H18N2O5. The monoisotopic (exact) mass is 294 g/mol. The second-order valence-corrected chi connectivity index (χ2v) is 5.32. The van der Waals surface area contributed by atoms with Crippen LogP contribution >= 0.6 is 0 Å². The minimum Gasteiger partial charge on any atom is -0.394 e. The predicted molar refractivity (Wildman–Crippen MR) is 75.2 cm³/mol. The van der Waals surface area contributed by atoms with Gasteiger partial charge in [-0.15, -0.1) is 0 Å². The third-order valence-corrected chi connectivity index (χ3v) is 3.67. The van der Waals surface area contributed by atoms with Crippen LogP contribution in [0.25, 0.3) is 0 Å². The maximum absolute atomic E-state index is 12.3. The Kier molecular flexibility index (Phi) is 4.54. The summed E-state index contributed by atoms with van der Waals surface area (Å²) in [7, 11) is 0. The van der Waals surface area contributed by atoms with Crippen molar-refractivity contribution in [1.82, 2.24) is 5.32 Å². The number of aliphatic hydroxyl groups excluding tert-OH is 1. The second kappa shape index (κ2) is 6.19. The number of nitro groups is 1. The van der Waals surface area contributed by atoms with Gasteiger partial charge in [0.15, 0.2) is 0 Å². The maximum atomic E-state index is 12.3. The summed E-state index contributed by atoms with van der Waals surface area (Å²) in [5.41, 5.74) is 0.0268. The highest BCUT2D eigenvalue weighted by Crippen LogP contribution is 2.22. The number of benzene rings is 1. The number of aliphatic hydroxyl groups is 1. The number of carbonyl (C=O) groups is 1. The van der Waals surface area contributed by atoms with E-state index >= 15 is 0 Å². The normalized spacial score (nSPS) is 17.2. The molecule has 0 unspecified atom stereocenters. The summed E-state index contributed by atoms with van der Waals surface area (Å²) in [4.78, 5) is 22.6. The number of nitrogens with one attached hydrogen (secondary N) is 1.